The van der Waals surface area contributed by atoms with E-state index < -0.39 is 0 Å². The molecule has 0 bridgehead atoms. The zero-order valence-electron chi connectivity index (χ0n) is 11.6. The van der Waals surface area contributed by atoms with Crippen LogP contribution < -0.4 is 10.2 Å². The fraction of sp³-hybridized carbons (Fsp3) is 0.615. The van der Waals surface area contributed by atoms with E-state index >= 15 is 0 Å². The molecule has 1 aromatic heterocycles. The zero-order valence-corrected chi connectivity index (χ0v) is 11.6. The van der Waals surface area contributed by atoms with E-state index in [1.165, 1.54) is 0 Å². The summed E-state index contributed by atoms with van der Waals surface area (Å²) in [6.45, 7) is 6.99. The van der Waals surface area contributed by atoms with Gasteiger partial charge in [0, 0.05) is 25.2 Å². The Morgan fingerprint density at radius 2 is 2.17 bits per heavy atom. The number of nitriles is 1. The maximum absolute atomic E-state index is 8.78. The number of nitrogens with one attached hydrogen (secondary N) is 1. The lowest BCUT2D eigenvalue weighted by Gasteiger charge is -2.26. The van der Waals surface area contributed by atoms with Crippen molar-refractivity contribution in [1.82, 2.24) is 9.97 Å². The number of anilines is 2. The molecule has 0 aromatic carbocycles. The topological polar surface area (TPSA) is 64.8 Å². The molecular formula is C13H21N5. The lowest BCUT2D eigenvalue weighted by molar-refractivity contribution is 0.688. The van der Waals surface area contributed by atoms with Crippen LogP contribution in [0.2, 0.25) is 0 Å². The molecule has 0 aliphatic heterocycles. The molecule has 1 aromatic rings. The van der Waals surface area contributed by atoms with Gasteiger partial charge in [-0.25, -0.2) is 9.97 Å². The summed E-state index contributed by atoms with van der Waals surface area (Å²) in [7, 11) is 1.97. The highest BCUT2D eigenvalue weighted by Gasteiger charge is 2.17. The molecule has 1 N–H and O–H groups in total. The molecule has 0 aliphatic rings. The van der Waals surface area contributed by atoms with Crippen molar-refractivity contribution in [2.45, 2.75) is 39.7 Å². The Balaban J connectivity index is 3.08. The van der Waals surface area contributed by atoms with Crippen molar-refractivity contribution >= 4 is 11.6 Å². The van der Waals surface area contributed by atoms with E-state index in [0.29, 0.717) is 6.42 Å². The predicted octanol–water partition coefficient (Wildman–Crippen LogP) is 2.21. The highest BCUT2D eigenvalue weighted by molar-refractivity contribution is 5.58. The molecule has 18 heavy (non-hydrogen) atoms. The molecule has 1 atom stereocenters. The van der Waals surface area contributed by atoms with Crippen molar-refractivity contribution in [1.29, 1.82) is 5.26 Å². The van der Waals surface area contributed by atoms with Gasteiger partial charge in [-0.2, -0.15) is 5.26 Å². The molecular weight excluding hydrogens is 226 g/mol. The first-order valence-electron chi connectivity index (χ1n) is 6.33. The van der Waals surface area contributed by atoms with Gasteiger partial charge in [-0.1, -0.05) is 6.92 Å². The number of rotatable bonds is 6. The van der Waals surface area contributed by atoms with Crippen molar-refractivity contribution in [3.63, 3.8) is 0 Å². The van der Waals surface area contributed by atoms with E-state index in [2.05, 4.69) is 28.3 Å². The summed E-state index contributed by atoms with van der Waals surface area (Å²) >= 11 is 0. The first-order valence-corrected chi connectivity index (χ1v) is 6.33. The third-order valence-corrected chi connectivity index (χ3v) is 3.00. The van der Waals surface area contributed by atoms with E-state index in [1.807, 2.05) is 25.8 Å². The van der Waals surface area contributed by atoms with Gasteiger partial charge in [-0.3, -0.25) is 0 Å². The van der Waals surface area contributed by atoms with Crippen LogP contribution in [0.15, 0.2) is 6.33 Å². The fourth-order valence-corrected chi connectivity index (χ4v) is 1.83. The van der Waals surface area contributed by atoms with Crippen LogP contribution in [-0.4, -0.2) is 29.6 Å². The number of hydrogen-bond acceptors (Lipinski definition) is 5. The Labute approximate surface area is 109 Å². The Kier molecular flexibility index (Phi) is 5.37. The largest absolute Gasteiger partial charge is 0.370 e. The highest BCUT2D eigenvalue weighted by atomic mass is 15.2. The van der Waals surface area contributed by atoms with Gasteiger partial charge in [0.1, 0.15) is 18.0 Å². The van der Waals surface area contributed by atoms with Crippen molar-refractivity contribution < 1.29 is 0 Å². The molecule has 1 unspecified atom stereocenters. The SMILES string of the molecule is CCNc1ncnc(N(C)C(C)CC#N)c1CC. The van der Waals surface area contributed by atoms with Crippen molar-refractivity contribution in [2.75, 3.05) is 23.8 Å². The normalized spacial score (nSPS) is 11.7. The molecule has 1 rings (SSSR count). The molecule has 1 heterocycles. The second kappa shape index (κ2) is 6.80. The van der Waals surface area contributed by atoms with Crippen LogP contribution in [0, 0.1) is 11.3 Å². The maximum Gasteiger partial charge on any atom is 0.137 e. The Morgan fingerprint density at radius 1 is 1.44 bits per heavy atom. The number of hydrogen-bond donors (Lipinski definition) is 1. The third-order valence-electron chi connectivity index (χ3n) is 3.00. The number of nitrogens with zero attached hydrogens (tertiary/aromatic N) is 4. The number of aromatic nitrogens is 2. The average Bonchev–Trinajstić information content (AvgIpc) is 2.38. The van der Waals surface area contributed by atoms with Gasteiger partial charge in [0.2, 0.25) is 0 Å². The van der Waals surface area contributed by atoms with Gasteiger partial charge in [0.25, 0.3) is 0 Å². The summed E-state index contributed by atoms with van der Waals surface area (Å²) < 4.78 is 0. The van der Waals surface area contributed by atoms with Crippen LogP contribution in [0.4, 0.5) is 11.6 Å². The van der Waals surface area contributed by atoms with E-state index in [-0.39, 0.29) is 6.04 Å². The molecule has 0 saturated heterocycles. The Bertz CT molecular complexity index is 424. The van der Waals surface area contributed by atoms with Gasteiger partial charge >= 0.3 is 0 Å². The van der Waals surface area contributed by atoms with Gasteiger partial charge in [-0.15, -0.1) is 0 Å². The molecule has 98 valence electrons. The summed E-state index contributed by atoms with van der Waals surface area (Å²) in [5.41, 5.74) is 1.10. The lowest BCUT2D eigenvalue weighted by atomic mass is 10.1. The van der Waals surface area contributed by atoms with Crippen LogP contribution in [0.25, 0.3) is 0 Å². The third kappa shape index (κ3) is 3.10. The summed E-state index contributed by atoms with van der Waals surface area (Å²) in [5, 5.41) is 12.0. The first kappa shape index (κ1) is 14.2. The molecule has 5 nitrogen and oxygen atoms in total. The minimum Gasteiger partial charge on any atom is -0.370 e. The van der Waals surface area contributed by atoms with Gasteiger partial charge in [0.05, 0.1) is 12.5 Å². The fourth-order valence-electron chi connectivity index (χ4n) is 1.83. The van der Waals surface area contributed by atoms with Gasteiger partial charge in [-0.05, 0) is 20.3 Å². The minimum atomic E-state index is 0.143. The van der Waals surface area contributed by atoms with Crippen molar-refractivity contribution in [2.24, 2.45) is 0 Å². The zero-order chi connectivity index (χ0) is 13.5. The second-order valence-corrected chi connectivity index (χ2v) is 4.23. The summed E-state index contributed by atoms with van der Waals surface area (Å²) in [6, 6.07) is 2.34. The lowest BCUT2D eigenvalue weighted by Crippen LogP contribution is -2.30. The van der Waals surface area contributed by atoms with Gasteiger partial charge in [0.15, 0.2) is 0 Å². The molecule has 0 fully saturated rings. The summed E-state index contributed by atoms with van der Waals surface area (Å²) in [5.74, 6) is 1.80. The highest BCUT2D eigenvalue weighted by Crippen LogP contribution is 2.24. The van der Waals surface area contributed by atoms with E-state index in [0.717, 1.165) is 30.2 Å². The summed E-state index contributed by atoms with van der Waals surface area (Å²) in [4.78, 5) is 10.7. The van der Waals surface area contributed by atoms with Crippen LogP contribution in [0.1, 0.15) is 32.8 Å². The van der Waals surface area contributed by atoms with E-state index in [1.54, 1.807) is 6.33 Å². The summed E-state index contributed by atoms with van der Waals surface area (Å²) in [6.07, 6.45) is 2.92. The first-order chi connectivity index (χ1) is 8.65. The molecule has 5 heteroatoms. The van der Waals surface area contributed by atoms with E-state index in [4.69, 9.17) is 5.26 Å². The standard InChI is InChI=1S/C13H21N5/c1-5-11-12(15-6-2)16-9-17-13(11)18(4)10(3)7-8-14/h9-10H,5-7H2,1-4H3,(H,15,16,17). The molecule has 0 radical (unpaired) electrons. The molecule has 0 amide bonds. The quantitative estimate of drug-likeness (QED) is 0.835. The second-order valence-electron chi connectivity index (χ2n) is 4.23. The van der Waals surface area contributed by atoms with E-state index in [9.17, 15) is 0 Å². The van der Waals surface area contributed by atoms with Crippen LogP contribution >= 0.6 is 0 Å². The molecule has 0 saturated carbocycles. The van der Waals surface area contributed by atoms with Gasteiger partial charge < -0.3 is 10.2 Å². The van der Waals surface area contributed by atoms with Crippen LogP contribution in [-0.2, 0) is 6.42 Å². The maximum atomic E-state index is 8.78. The molecule has 0 aliphatic carbocycles. The van der Waals surface area contributed by atoms with Crippen LogP contribution in [0.3, 0.4) is 0 Å². The van der Waals surface area contributed by atoms with Crippen LogP contribution in [0.5, 0.6) is 0 Å². The Morgan fingerprint density at radius 3 is 2.72 bits per heavy atom. The minimum absolute atomic E-state index is 0.143. The van der Waals surface area contributed by atoms with Crippen molar-refractivity contribution in [3.05, 3.63) is 11.9 Å². The predicted molar refractivity (Wildman–Crippen MR) is 73.7 cm³/mol. The van der Waals surface area contributed by atoms with Crippen molar-refractivity contribution in [3.8, 4) is 6.07 Å². The Hall–Kier alpha value is -1.83. The molecule has 0 spiro atoms. The smallest absolute Gasteiger partial charge is 0.137 e. The monoisotopic (exact) mass is 247 g/mol. The average molecular weight is 247 g/mol.